The van der Waals surface area contributed by atoms with E-state index in [1.807, 2.05) is 18.2 Å². The van der Waals surface area contributed by atoms with Gasteiger partial charge in [0.25, 0.3) is 11.8 Å². The van der Waals surface area contributed by atoms with Crippen LogP contribution in [0.3, 0.4) is 0 Å². The van der Waals surface area contributed by atoms with Crippen LogP contribution in [-0.2, 0) is 9.84 Å². The molecule has 2 heterocycles. The average molecular weight is 567 g/mol. The van der Waals surface area contributed by atoms with E-state index >= 15 is 0 Å². The first kappa shape index (κ1) is 26.6. The van der Waals surface area contributed by atoms with E-state index in [-0.39, 0.29) is 29.2 Å². The summed E-state index contributed by atoms with van der Waals surface area (Å²) < 4.78 is 36.6. The lowest BCUT2D eigenvalue weighted by Gasteiger charge is -2.57. The standard InChI is InChI=1S/C29H34N4O6S/c1-40(36,37)12-4-11-38-25-10-9-23-22(17-31-33(23)26(25)18-7-8-18)28(35)32-19-13-29(14-19)15-20(16-29)39-24-6-3-2-5-21(24)27(30)34/h2-3,5-6,9-10,17-20H,4,7-8,11-16H2,1H3,(H2,30,34)(H,32,35). The minimum atomic E-state index is -3.03. The molecule has 0 aliphatic heterocycles. The molecule has 3 saturated carbocycles. The summed E-state index contributed by atoms with van der Waals surface area (Å²) in [5.74, 6) is 0.987. The molecular weight excluding hydrogens is 532 g/mol. The third-order valence-electron chi connectivity index (χ3n) is 8.27. The van der Waals surface area contributed by atoms with Crippen LogP contribution >= 0.6 is 0 Å². The molecule has 10 nitrogen and oxygen atoms in total. The number of fused-ring (bicyclic) bond motifs is 1. The first-order valence-electron chi connectivity index (χ1n) is 13.8. The van der Waals surface area contributed by atoms with Crippen LogP contribution in [0, 0.1) is 5.41 Å². The highest BCUT2D eigenvalue weighted by Gasteiger charge is 2.54. The normalized spacial score (nSPS) is 23.8. The van der Waals surface area contributed by atoms with E-state index in [0.717, 1.165) is 49.7 Å². The van der Waals surface area contributed by atoms with Crippen molar-refractivity contribution < 1.29 is 27.5 Å². The number of sulfone groups is 1. The van der Waals surface area contributed by atoms with E-state index in [1.165, 1.54) is 6.26 Å². The van der Waals surface area contributed by atoms with E-state index < -0.39 is 15.7 Å². The molecule has 3 aliphatic carbocycles. The molecule has 0 atom stereocenters. The van der Waals surface area contributed by atoms with E-state index in [9.17, 15) is 18.0 Å². The highest BCUT2D eigenvalue weighted by atomic mass is 32.2. The van der Waals surface area contributed by atoms with Gasteiger partial charge in [-0.15, -0.1) is 0 Å². The summed E-state index contributed by atoms with van der Waals surface area (Å²) in [5.41, 5.74) is 8.24. The number of benzene rings is 1. The first-order chi connectivity index (χ1) is 19.1. The second-order valence-electron chi connectivity index (χ2n) is 11.6. The van der Waals surface area contributed by atoms with Gasteiger partial charge in [-0.2, -0.15) is 5.10 Å². The zero-order chi connectivity index (χ0) is 28.1. The molecule has 0 bridgehead atoms. The quantitative estimate of drug-likeness (QED) is 0.339. The Morgan fingerprint density at radius 3 is 2.52 bits per heavy atom. The number of carbonyl (C=O) groups is 2. The summed E-state index contributed by atoms with van der Waals surface area (Å²) in [5, 5.41) is 7.71. The van der Waals surface area contributed by atoms with Crippen LogP contribution < -0.4 is 20.5 Å². The van der Waals surface area contributed by atoms with Gasteiger partial charge in [0.2, 0.25) is 0 Å². The molecule has 1 spiro atoms. The van der Waals surface area contributed by atoms with Gasteiger partial charge in [-0.05, 0) is 74.6 Å². The Hall–Kier alpha value is -3.60. The Bertz CT molecular complexity index is 1560. The predicted molar refractivity (Wildman–Crippen MR) is 149 cm³/mol. The van der Waals surface area contributed by atoms with E-state index in [2.05, 4.69) is 10.4 Å². The summed E-state index contributed by atoms with van der Waals surface area (Å²) >= 11 is 0. The minimum absolute atomic E-state index is 0.0420. The number of aromatic nitrogens is 2. The number of ether oxygens (including phenoxy) is 2. The number of nitrogens with zero attached hydrogens (tertiary/aromatic N) is 2. The summed E-state index contributed by atoms with van der Waals surface area (Å²) in [7, 11) is -3.03. The number of nitrogens with two attached hydrogens (primary N) is 1. The molecule has 3 aromatic rings. The highest BCUT2D eigenvalue weighted by molar-refractivity contribution is 7.90. The zero-order valence-electron chi connectivity index (χ0n) is 22.5. The Morgan fingerprint density at radius 2 is 1.82 bits per heavy atom. The molecule has 1 aromatic carbocycles. The van der Waals surface area contributed by atoms with E-state index in [0.29, 0.717) is 41.6 Å². The molecule has 11 heteroatoms. The van der Waals surface area contributed by atoms with Crippen LogP contribution in [0.4, 0.5) is 0 Å². The Labute approximate surface area is 233 Å². The predicted octanol–water partition coefficient (Wildman–Crippen LogP) is 3.24. The molecule has 40 heavy (non-hydrogen) atoms. The number of amides is 2. The Morgan fingerprint density at radius 1 is 1.07 bits per heavy atom. The fourth-order valence-corrected chi connectivity index (χ4v) is 6.85. The summed E-state index contributed by atoms with van der Waals surface area (Å²) in [6.07, 6.45) is 8.93. The molecule has 6 rings (SSSR count). The van der Waals surface area contributed by atoms with Gasteiger partial charge >= 0.3 is 0 Å². The van der Waals surface area contributed by atoms with Crippen molar-refractivity contribution in [3.05, 3.63) is 59.4 Å². The fourth-order valence-electron chi connectivity index (χ4n) is 6.21. The third-order valence-corrected chi connectivity index (χ3v) is 9.30. The summed E-state index contributed by atoms with van der Waals surface area (Å²) in [4.78, 5) is 24.9. The monoisotopic (exact) mass is 566 g/mol. The second-order valence-corrected chi connectivity index (χ2v) is 13.9. The number of pyridine rings is 1. The number of nitrogens with one attached hydrogen (secondary N) is 1. The Kier molecular flexibility index (Phi) is 6.72. The fraction of sp³-hybridized carbons (Fsp3) is 0.483. The maximum Gasteiger partial charge on any atom is 0.255 e. The van der Waals surface area contributed by atoms with Gasteiger partial charge in [-0.3, -0.25) is 9.59 Å². The number of primary amides is 1. The molecule has 212 valence electrons. The smallest absolute Gasteiger partial charge is 0.255 e. The van der Waals surface area contributed by atoms with Crippen molar-refractivity contribution in [2.24, 2.45) is 11.1 Å². The molecule has 2 amide bonds. The van der Waals surface area contributed by atoms with Crippen LogP contribution in [0.25, 0.3) is 5.52 Å². The zero-order valence-corrected chi connectivity index (χ0v) is 23.3. The molecule has 0 radical (unpaired) electrons. The Balaban J connectivity index is 1.05. The van der Waals surface area contributed by atoms with Crippen molar-refractivity contribution in [1.29, 1.82) is 0 Å². The lowest BCUT2D eigenvalue weighted by molar-refractivity contribution is -0.0834. The van der Waals surface area contributed by atoms with Crippen LogP contribution in [0.5, 0.6) is 11.5 Å². The van der Waals surface area contributed by atoms with Gasteiger partial charge < -0.3 is 20.5 Å². The maximum atomic E-state index is 13.2. The lowest BCUT2D eigenvalue weighted by Crippen LogP contribution is -2.58. The van der Waals surface area contributed by atoms with Gasteiger partial charge in [-0.25, -0.2) is 12.9 Å². The number of carbonyl (C=O) groups excluding carboxylic acids is 2. The maximum absolute atomic E-state index is 13.2. The molecule has 0 unspecified atom stereocenters. The van der Waals surface area contributed by atoms with E-state index in [4.69, 9.17) is 15.2 Å². The van der Waals surface area contributed by atoms with Crippen molar-refractivity contribution in [3.8, 4) is 11.5 Å². The van der Waals surface area contributed by atoms with Crippen LogP contribution in [0.1, 0.15) is 77.3 Å². The van der Waals surface area contributed by atoms with Crippen LogP contribution in [-0.4, -0.2) is 60.6 Å². The lowest BCUT2D eigenvalue weighted by atomic mass is 9.53. The van der Waals surface area contributed by atoms with Crippen molar-refractivity contribution in [3.63, 3.8) is 0 Å². The topological polar surface area (TPSA) is 142 Å². The molecular formula is C29H34N4O6S. The van der Waals surface area contributed by atoms with Gasteiger partial charge in [-0.1, -0.05) is 12.1 Å². The summed E-state index contributed by atoms with van der Waals surface area (Å²) in [6.45, 7) is 0.305. The number of hydrogen-bond donors (Lipinski definition) is 2. The third kappa shape index (κ3) is 5.39. The number of rotatable bonds is 11. The van der Waals surface area contributed by atoms with Crippen LogP contribution in [0.2, 0.25) is 0 Å². The van der Waals surface area contributed by atoms with Crippen molar-refractivity contribution in [1.82, 2.24) is 14.9 Å². The first-order valence-corrected chi connectivity index (χ1v) is 15.8. The van der Waals surface area contributed by atoms with Gasteiger partial charge in [0.1, 0.15) is 21.3 Å². The van der Waals surface area contributed by atoms with Crippen LogP contribution in [0.15, 0.2) is 42.6 Å². The van der Waals surface area contributed by atoms with Gasteiger partial charge in [0.15, 0.2) is 0 Å². The minimum Gasteiger partial charge on any atom is -0.492 e. The SMILES string of the molecule is CS(=O)(=O)CCCOc1ccc2c(C(=O)NC3CC4(C3)CC(Oc3ccccc3C(N)=O)C4)cnn2c1C1CC1. The second kappa shape index (κ2) is 10.1. The van der Waals surface area contributed by atoms with Gasteiger partial charge in [0, 0.05) is 18.2 Å². The largest absolute Gasteiger partial charge is 0.492 e. The average Bonchev–Trinajstić information content (AvgIpc) is 3.60. The van der Waals surface area contributed by atoms with E-state index in [1.54, 1.807) is 28.9 Å². The molecule has 2 aromatic heterocycles. The number of para-hydroxylation sites is 1. The van der Waals surface area contributed by atoms with Crippen molar-refractivity contribution in [2.75, 3.05) is 18.6 Å². The van der Waals surface area contributed by atoms with Crippen molar-refractivity contribution in [2.45, 2.75) is 63.0 Å². The number of hydrogen-bond acceptors (Lipinski definition) is 7. The molecule has 3 fully saturated rings. The molecule has 0 saturated heterocycles. The highest BCUT2D eigenvalue weighted by Crippen LogP contribution is 2.57. The molecule has 3 aliphatic rings. The van der Waals surface area contributed by atoms with Crippen molar-refractivity contribution >= 4 is 27.2 Å². The summed E-state index contributed by atoms with van der Waals surface area (Å²) in [6, 6.07) is 10.9. The van der Waals surface area contributed by atoms with Gasteiger partial charge in [0.05, 0.1) is 47.0 Å². The molecule has 3 N–H and O–H groups in total.